The summed E-state index contributed by atoms with van der Waals surface area (Å²) in [6.07, 6.45) is 1.92. The van der Waals surface area contributed by atoms with Gasteiger partial charge in [0.2, 0.25) is 0 Å². The van der Waals surface area contributed by atoms with Gasteiger partial charge in [-0.15, -0.1) is 0 Å². The van der Waals surface area contributed by atoms with Crippen LogP contribution in [-0.2, 0) is 6.42 Å². The van der Waals surface area contributed by atoms with E-state index in [1.54, 1.807) is 0 Å². The van der Waals surface area contributed by atoms with Crippen molar-refractivity contribution in [3.05, 3.63) is 23.4 Å². The van der Waals surface area contributed by atoms with Crippen LogP contribution in [0.15, 0.2) is 12.1 Å². The molecule has 0 aliphatic carbocycles. The monoisotopic (exact) mass is 277 g/mol. The standard InChI is InChI=1S/C16H27N3O/c1-6-8-14-9-13(10-15(17-5)18-14)16(20)19(7-2)11-12(3)4/h9-10,12H,6-8,11H2,1-5H3,(H,17,18). The molecule has 1 aromatic heterocycles. The van der Waals surface area contributed by atoms with Crippen molar-refractivity contribution in [2.75, 3.05) is 25.5 Å². The Balaban J connectivity index is 3.03. The summed E-state index contributed by atoms with van der Waals surface area (Å²) in [5.74, 6) is 1.33. The molecule has 0 saturated heterocycles. The predicted molar refractivity (Wildman–Crippen MR) is 84.2 cm³/mol. The average Bonchev–Trinajstić information content (AvgIpc) is 2.43. The predicted octanol–water partition coefficient (Wildman–Crippen LogP) is 3.19. The summed E-state index contributed by atoms with van der Waals surface area (Å²) in [5.41, 5.74) is 1.71. The zero-order valence-electron chi connectivity index (χ0n) is 13.4. The lowest BCUT2D eigenvalue weighted by atomic mass is 10.1. The summed E-state index contributed by atoms with van der Waals surface area (Å²) in [5, 5.41) is 3.04. The van der Waals surface area contributed by atoms with E-state index >= 15 is 0 Å². The van der Waals surface area contributed by atoms with Crippen LogP contribution in [0.25, 0.3) is 0 Å². The third kappa shape index (κ3) is 4.51. The Kier molecular flexibility index (Phi) is 6.49. The van der Waals surface area contributed by atoms with Gasteiger partial charge >= 0.3 is 0 Å². The van der Waals surface area contributed by atoms with Crippen LogP contribution in [0.2, 0.25) is 0 Å². The maximum atomic E-state index is 12.6. The molecule has 0 saturated carbocycles. The third-order valence-corrected chi connectivity index (χ3v) is 3.14. The van der Waals surface area contributed by atoms with Gasteiger partial charge in [0, 0.05) is 31.4 Å². The molecular weight excluding hydrogens is 250 g/mol. The minimum Gasteiger partial charge on any atom is -0.373 e. The molecule has 1 amide bonds. The number of aromatic nitrogens is 1. The second-order valence-corrected chi connectivity index (χ2v) is 5.47. The number of carbonyl (C=O) groups excluding carboxylic acids is 1. The van der Waals surface area contributed by atoms with Gasteiger partial charge in [-0.1, -0.05) is 27.2 Å². The van der Waals surface area contributed by atoms with Gasteiger partial charge in [-0.05, 0) is 31.4 Å². The van der Waals surface area contributed by atoms with E-state index in [0.717, 1.165) is 43.0 Å². The molecule has 0 unspecified atom stereocenters. The van der Waals surface area contributed by atoms with Crippen LogP contribution in [0.3, 0.4) is 0 Å². The Labute approximate surface area is 122 Å². The van der Waals surface area contributed by atoms with Crippen molar-refractivity contribution < 1.29 is 4.79 Å². The number of rotatable bonds is 7. The highest BCUT2D eigenvalue weighted by Gasteiger charge is 2.17. The Morgan fingerprint density at radius 3 is 2.55 bits per heavy atom. The number of nitrogens with one attached hydrogen (secondary N) is 1. The van der Waals surface area contributed by atoms with Gasteiger partial charge < -0.3 is 10.2 Å². The first-order valence-corrected chi connectivity index (χ1v) is 7.49. The summed E-state index contributed by atoms with van der Waals surface area (Å²) in [7, 11) is 1.83. The van der Waals surface area contributed by atoms with Crippen LogP contribution in [0, 0.1) is 5.92 Å². The van der Waals surface area contributed by atoms with Gasteiger partial charge in [-0.3, -0.25) is 4.79 Å². The number of hydrogen-bond acceptors (Lipinski definition) is 3. The Morgan fingerprint density at radius 1 is 1.35 bits per heavy atom. The van der Waals surface area contributed by atoms with E-state index in [-0.39, 0.29) is 5.91 Å². The van der Waals surface area contributed by atoms with Crippen molar-refractivity contribution in [1.82, 2.24) is 9.88 Å². The zero-order chi connectivity index (χ0) is 15.1. The Bertz CT molecular complexity index is 443. The lowest BCUT2D eigenvalue weighted by molar-refractivity contribution is 0.0745. The quantitative estimate of drug-likeness (QED) is 0.832. The van der Waals surface area contributed by atoms with Crippen molar-refractivity contribution in [2.24, 2.45) is 5.92 Å². The zero-order valence-corrected chi connectivity index (χ0v) is 13.4. The topological polar surface area (TPSA) is 45.2 Å². The summed E-state index contributed by atoms with van der Waals surface area (Å²) >= 11 is 0. The van der Waals surface area contributed by atoms with E-state index < -0.39 is 0 Å². The number of nitrogens with zero attached hydrogens (tertiary/aromatic N) is 2. The van der Waals surface area contributed by atoms with Gasteiger partial charge in [0.15, 0.2) is 0 Å². The first kappa shape index (κ1) is 16.5. The number of hydrogen-bond donors (Lipinski definition) is 1. The smallest absolute Gasteiger partial charge is 0.254 e. The highest BCUT2D eigenvalue weighted by Crippen LogP contribution is 2.15. The molecule has 20 heavy (non-hydrogen) atoms. The highest BCUT2D eigenvalue weighted by atomic mass is 16.2. The molecule has 0 fully saturated rings. The molecule has 1 aromatic rings. The fourth-order valence-electron chi connectivity index (χ4n) is 2.20. The third-order valence-electron chi connectivity index (χ3n) is 3.14. The van der Waals surface area contributed by atoms with E-state index in [1.807, 2.05) is 31.0 Å². The van der Waals surface area contributed by atoms with Gasteiger partial charge in [0.25, 0.3) is 5.91 Å². The van der Waals surface area contributed by atoms with Crippen LogP contribution < -0.4 is 5.32 Å². The summed E-state index contributed by atoms with van der Waals surface area (Å²) in [4.78, 5) is 19.0. The maximum Gasteiger partial charge on any atom is 0.254 e. The number of carbonyl (C=O) groups is 1. The number of anilines is 1. The lowest BCUT2D eigenvalue weighted by Crippen LogP contribution is -2.34. The largest absolute Gasteiger partial charge is 0.373 e. The summed E-state index contributed by atoms with van der Waals surface area (Å²) in [6, 6.07) is 3.76. The Morgan fingerprint density at radius 2 is 2.05 bits per heavy atom. The average molecular weight is 277 g/mol. The molecule has 4 nitrogen and oxygen atoms in total. The fraction of sp³-hybridized carbons (Fsp3) is 0.625. The van der Waals surface area contributed by atoms with Crippen LogP contribution >= 0.6 is 0 Å². The lowest BCUT2D eigenvalue weighted by Gasteiger charge is -2.23. The van der Waals surface area contributed by atoms with Gasteiger partial charge in [0.05, 0.1) is 0 Å². The summed E-state index contributed by atoms with van der Waals surface area (Å²) in [6.45, 7) is 9.92. The first-order chi connectivity index (χ1) is 9.51. The molecule has 112 valence electrons. The number of aryl methyl sites for hydroxylation is 1. The molecule has 0 bridgehead atoms. The van der Waals surface area contributed by atoms with Crippen LogP contribution in [0.5, 0.6) is 0 Å². The number of pyridine rings is 1. The highest BCUT2D eigenvalue weighted by molar-refractivity contribution is 5.95. The molecule has 0 atom stereocenters. The van der Waals surface area contributed by atoms with Crippen molar-refractivity contribution in [1.29, 1.82) is 0 Å². The minimum atomic E-state index is 0.0949. The second kappa shape index (κ2) is 7.88. The first-order valence-electron chi connectivity index (χ1n) is 7.49. The normalized spacial score (nSPS) is 10.7. The molecule has 1 N–H and O–H groups in total. The van der Waals surface area contributed by atoms with E-state index in [0.29, 0.717) is 5.92 Å². The molecule has 1 heterocycles. The van der Waals surface area contributed by atoms with Crippen LogP contribution in [0.1, 0.15) is 50.2 Å². The van der Waals surface area contributed by atoms with Gasteiger partial charge in [-0.2, -0.15) is 0 Å². The Hall–Kier alpha value is -1.58. The molecule has 0 aromatic carbocycles. The van der Waals surface area contributed by atoms with E-state index in [9.17, 15) is 4.79 Å². The van der Waals surface area contributed by atoms with Crippen molar-refractivity contribution >= 4 is 11.7 Å². The molecule has 0 radical (unpaired) electrons. The van der Waals surface area contributed by atoms with Gasteiger partial charge in [0.1, 0.15) is 5.82 Å². The van der Waals surface area contributed by atoms with Crippen molar-refractivity contribution in [2.45, 2.75) is 40.5 Å². The van der Waals surface area contributed by atoms with E-state index in [4.69, 9.17) is 0 Å². The van der Waals surface area contributed by atoms with Crippen LogP contribution in [0.4, 0.5) is 5.82 Å². The SMILES string of the molecule is CCCc1cc(C(=O)N(CC)CC(C)C)cc(NC)n1. The van der Waals surface area contributed by atoms with Gasteiger partial charge in [-0.25, -0.2) is 4.98 Å². The van der Waals surface area contributed by atoms with Crippen LogP contribution in [-0.4, -0.2) is 35.9 Å². The molecule has 1 rings (SSSR count). The molecular formula is C16H27N3O. The second-order valence-electron chi connectivity index (χ2n) is 5.47. The van der Waals surface area contributed by atoms with E-state index in [2.05, 4.69) is 31.1 Å². The van der Waals surface area contributed by atoms with Crippen molar-refractivity contribution in [3.63, 3.8) is 0 Å². The van der Waals surface area contributed by atoms with Crippen molar-refractivity contribution in [3.8, 4) is 0 Å². The molecule has 0 aliphatic rings. The molecule has 4 heteroatoms. The summed E-state index contributed by atoms with van der Waals surface area (Å²) < 4.78 is 0. The fourth-order valence-corrected chi connectivity index (χ4v) is 2.20. The number of amides is 1. The minimum absolute atomic E-state index is 0.0949. The van der Waals surface area contributed by atoms with E-state index in [1.165, 1.54) is 0 Å². The maximum absolute atomic E-state index is 12.6. The molecule has 0 spiro atoms. The molecule has 0 aliphatic heterocycles.